The quantitative estimate of drug-likeness (QED) is 0.864. The van der Waals surface area contributed by atoms with Crippen LogP contribution in [0.15, 0.2) is 39.7 Å². The molecule has 5 heteroatoms. The molecule has 0 aliphatic heterocycles. The molecule has 0 amide bonds. The van der Waals surface area contributed by atoms with E-state index in [4.69, 9.17) is 20.8 Å². The van der Waals surface area contributed by atoms with E-state index in [9.17, 15) is 0 Å². The maximum Gasteiger partial charge on any atom is 0.169 e. The topological polar surface area (TPSA) is 35.3 Å². The molecule has 0 unspecified atom stereocenters. The molecule has 0 aromatic carbocycles. The number of ether oxygens (including phenoxy) is 1. The standard InChI is InChI=1S/C10H7BrClNO2/c11-10-2-1-8(15-10)6-14-9-3-7(12)4-13-5-9/h1-5H,6H2. The van der Waals surface area contributed by atoms with Gasteiger partial charge in [-0.2, -0.15) is 0 Å². The average Bonchev–Trinajstić information content (AvgIpc) is 2.62. The summed E-state index contributed by atoms with van der Waals surface area (Å²) < 4.78 is 11.4. The first-order valence-electron chi connectivity index (χ1n) is 4.21. The molecule has 0 aliphatic carbocycles. The lowest BCUT2D eigenvalue weighted by Gasteiger charge is -2.03. The molecule has 15 heavy (non-hydrogen) atoms. The molecule has 2 aromatic rings. The minimum atomic E-state index is 0.355. The van der Waals surface area contributed by atoms with E-state index in [-0.39, 0.29) is 0 Å². The van der Waals surface area contributed by atoms with Gasteiger partial charge in [0.1, 0.15) is 18.1 Å². The van der Waals surface area contributed by atoms with Gasteiger partial charge in [0.15, 0.2) is 4.67 Å². The molecule has 0 bridgehead atoms. The van der Waals surface area contributed by atoms with Crippen LogP contribution in [0, 0.1) is 0 Å². The predicted molar refractivity (Wildman–Crippen MR) is 60.0 cm³/mol. The molecule has 3 nitrogen and oxygen atoms in total. The van der Waals surface area contributed by atoms with Crippen LogP contribution >= 0.6 is 27.5 Å². The second kappa shape index (κ2) is 4.68. The Balaban J connectivity index is 1.99. The van der Waals surface area contributed by atoms with E-state index in [1.54, 1.807) is 18.5 Å². The van der Waals surface area contributed by atoms with E-state index >= 15 is 0 Å². The Hall–Kier alpha value is -1.000. The van der Waals surface area contributed by atoms with E-state index in [0.29, 0.717) is 22.0 Å². The van der Waals surface area contributed by atoms with Crippen LogP contribution in [-0.4, -0.2) is 4.98 Å². The van der Waals surface area contributed by atoms with Crippen molar-refractivity contribution in [2.24, 2.45) is 0 Å². The molecule has 0 saturated heterocycles. The van der Waals surface area contributed by atoms with E-state index in [1.807, 2.05) is 12.1 Å². The lowest BCUT2D eigenvalue weighted by Crippen LogP contribution is -1.93. The van der Waals surface area contributed by atoms with Gasteiger partial charge in [-0.15, -0.1) is 0 Å². The number of hydrogen-bond donors (Lipinski definition) is 0. The van der Waals surface area contributed by atoms with Crippen LogP contribution in [0.4, 0.5) is 0 Å². The van der Waals surface area contributed by atoms with Crippen molar-refractivity contribution in [3.05, 3.63) is 46.0 Å². The Bertz CT molecular complexity index is 458. The van der Waals surface area contributed by atoms with E-state index < -0.39 is 0 Å². The van der Waals surface area contributed by atoms with Gasteiger partial charge in [0.25, 0.3) is 0 Å². The molecule has 0 aliphatic rings. The summed E-state index contributed by atoms with van der Waals surface area (Å²) in [6.45, 7) is 0.355. The van der Waals surface area contributed by atoms with Gasteiger partial charge in [-0.3, -0.25) is 4.98 Å². The highest BCUT2D eigenvalue weighted by Crippen LogP contribution is 2.18. The molecule has 2 aromatic heterocycles. The fraction of sp³-hybridized carbons (Fsp3) is 0.100. The van der Waals surface area contributed by atoms with Crippen LogP contribution < -0.4 is 4.74 Å². The number of halogens is 2. The number of nitrogens with zero attached hydrogens (tertiary/aromatic N) is 1. The first kappa shape index (κ1) is 10.5. The molecule has 0 radical (unpaired) electrons. The molecule has 0 N–H and O–H groups in total. The molecule has 0 saturated carbocycles. The minimum absolute atomic E-state index is 0.355. The van der Waals surface area contributed by atoms with E-state index in [0.717, 1.165) is 5.76 Å². The summed E-state index contributed by atoms with van der Waals surface area (Å²) in [6.07, 6.45) is 3.15. The summed E-state index contributed by atoms with van der Waals surface area (Å²) in [4.78, 5) is 3.90. The van der Waals surface area contributed by atoms with Crippen molar-refractivity contribution in [3.63, 3.8) is 0 Å². The maximum atomic E-state index is 5.76. The Kier molecular flexibility index (Phi) is 3.28. The second-order valence-corrected chi connectivity index (χ2v) is 4.05. The summed E-state index contributed by atoms with van der Waals surface area (Å²) in [5.74, 6) is 1.36. The Morgan fingerprint density at radius 1 is 1.40 bits per heavy atom. The van der Waals surface area contributed by atoms with Crippen molar-refractivity contribution in [1.82, 2.24) is 4.98 Å². The fourth-order valence-electron chi connectivity index (χ4n) is 1.06. The number of pyridine rings is 1. The third-order valence-corrected chi connectivity index (χ3v) is 2.32. The summed E-state index contributed by atoms with van der Waals surface area (Å²) in [6, 6.07) is 5.35. The van der Waals surface area contributed by atoms with Crippen molar-refractivity contribution in [2.75, 3.05) is 0 Å². The van der Waals surface area contributed by atoms with Crippen molar-refractivity contribution in [3.8, 4) is 5.75 Å². The average molecular weight is 289 g/mol. The number of furan rings is 1. The van der Waals surface area contributed by atoms with Gasteiger partial charge in [-0.1, -0.05) is 11.6 Å². The molecular formula is C10H7BrClNO2. The molecule has 78 valence electrons. The van der Waals surface area contributed by atoms with Crippen molar-refractivity contribution >= 4 is 27.5 Å². The smallest absolute Gasteiger partial charge is 0.169 e. The lowest BCUT2D eigenvalue weighted by atomic mass is 10.4. The van der Waals surface area contributed by atoms with Crippen LogP contribution in [0.2, 0.25) is 5.02 Å². The van der Waals surface area contributed by atoms with Crippen LogP contribution in [0.1, 0.15) is 5.76 Å². The highest BCUT2D eigenvalue weighted by atomic mass is 79.9. The number of aromatic nitrogens is 1. The SMILES string of the molecule is Clc1cncc(OCc2ccc(Br)o2)c1. The maximum absolute atomic E-state index is 5.76. The summed E-state index contributed by atoms with van der Waals surface area (Å²) >= 11 is 8.97. The normalized spacial score (nSPS) is 10.3. The second-order valence-electron chi connectivity index (χ2n) is 2.83. The first-order chi connectivity index (χ1) is 7.24. The molecule has 0 fully saturated rings. The third-order valence-electron chi connectivity index (χ3n) is 1.69. The number of rotatable bonds is 3. The lowest BCUT2D eigenvalue weighted by molar-refractivity contribution is 0.267. The van der Waals surface area contributed by atoms with Gasteiger partial charge < -0.3 is 9.15 Å². The van der Waals surface area contributed by atoms with Gasteiger partial charge in [0.2, 0.25) is 0 Å². The monoisotopic (exact) mass is 287 g/mol. The van der Waals surface area contributed by atoms with E-state index in [2.05, 4.69) is 20.9 Å². The van der Waals surface area contributed by atoms with Gasteiger partial charge in [0, 0.05) is 12.3 Å². The van der Waals surface area contributed by atoms with Crippen LogP contribution in [0.5, 0.6) is 5.75 Å². The van der Waals surface area contributed by atoms with Crippen LogP contribution in [-0.2, 0) is 6.61 Å². The van der Waals surface area contributed by atoms with Gasteiger partial charge in [-0.05, 0) is 28.1 Å². The third kappa shape index (κ3) is 2.97. The van der Waals surface area contributed by atoms with Crippen molar-refractivity contribution in [1.29, 1.82) is 0 Å². The van der Waals surface area contributed by atoms with Crippen molar-refractivity contribution in [2.45, 2.75) is 6.61 Å². The zero-order chi connectivity index (χ0) is 10.7. The highest BCUT2D eigenvalue weighted by molar-refractivity contribution is 9.10. The van der Waals surface area contributed by atoms with Crippen LogP contribution in [0.25, 0.3) is 0 Å². The Labute approximate surface area is 100 Å². The molecule has 2 heterocycles. The Morgan fingerprint density at radius 3 is 2.93 bits per heavy atom. The summed E-state index contributed by atoms with van der Waals surface area (Å²) in [7, 11) is 0. The Morgan fingerprint density at radius 2 is 2.27 bits per heavy atom. The van der Waals surface area contributed by atoms with E-state index in [1.165, 1.54) is 0 Å². The van der Waals surface area contributed by atoms with Gasteiger partial charge >= 0.3 is 0 Å². The molecular weight excluding hydrogens is 281 g/mol. The first-order valence-corrected chi connectivity index (χ1v) is 5.39. The van der Waals surface area contributed by atoms with Crippen LogP contribution in [0.3, 0.4) is 0 Å². The largest absolute Gasteiger partial charge is 0.484 e. The highest BCUT2D eigenvalue weighted by Gasteiger charge is 2.01. The summed E-state index contributed by atoms with van der Waals surface area (Å²) in [5.41, 5.74) is 0. The van der Waals surface area contributed by atoms with Gasteiger partial charge in [0.05, 0.1) is 11.2 Å². The van der Waals surface area contributed by atoms with Crippen molar-refractivity contribution < 1.29 is 9.15 Å². The minimum Gasteiger partial charge on any atom is -0.484 e. The molecule has 2 rings (SSSR count). The van der Waals surface area contributed by atoms with Gasteiger partial charge in [-0.25, -0.2) is 0 Å². The fourth-order valence-corrected chi connectivity index (χ4v) is 1.56. The molecule has 0 atom stereocenters. The zero-order valence-electron chi connectivity index (χ0n) is 7.61. The number of hydrogen-bond acceptors (Lipinski definition) is 3. The summed E-state index contributed by atoms with van der Waals surface area (Å²) in [5, 5.41) is 0.549. The predicted octanol–water partition coefficient (Wildman–Crippen LogP) is 3.67. The zero-order valence-corrected chi connectivity index (χ0v) is 9.96. The molecule has 0 spiro atoms.